The average Bonchev–Trinajstić information content (AvgIpc) is 3.20. The van der Waals surface area contributed by atoms with Crippen molar-refractivity contribution < 1.29 is 4.79 Å². The Morgan fingerprint density at radius 1 is 1.35 bits per heavy atom. The number of hydrogen-bond donors (Lipinski definition) is 2. The summed E-state index contributed by atoms with van der Waals surface area (Å²) in [6.07, 6.45) is 5.67. The molecule has 0 aromatic carbocycles. The number of carbonyl (C=O) groups excluding carboxylic acids is 1. The molecule has 7 heteroatoms. The molecule has 0 bridgehead atoms. The Kier molecular flexibility index (Phi) is 4.21. The zero-order chi connectivity index (χ0) is 16.6. The lowest BCUT2D eigenvalue weighted by atomic mass is 9.90. The molecule has 1 unspecified atom stereocenters. The Bertz CT molecular complexity index is 703. The Morgan fingerprint density at radius 2 is 2.13 bits per heavy atom. The summed E-state index contributed by atoms with van der Waals surface area (Å²) >= 11 is 0. The predicted molar refractivity (Wildman–Crippen MR) is 86.8 cm³/mol. The van der Waals surface area contributed by atoms with Gasteiger partial charge in [-0.1, -0.05) is 0 Å². The highest BCUT2D eigenvalue weighted by Gasteiger charge is 2.35. The van der Waals surface area contributed by atoms with Gasteiger partial charge in [-0.05, 0) is 19.4 Å². The second-order valence-electron chi connectivity index (χ2n) is 6.36. The number of rotatable bonds is 4. The van der Waals surface area contributed by atoms with Crippen LogP contribution in [-0.2, 0) is 18.9 Å². The lowest BCUT2D eigenvalue weighted by Gasteiger charge is -2.20. The number of aryl methyl sites for hydroxylation is 2. The molecule has 0 aliphatic carbocycles. The van der Waals surface area contributed by atoms with E-state index in [0.717, 1.165) is 23.4 Å². The molecule has 1 saturated heterocycles. The van der Waals surface area contributed by atoms with Gasteiger partial charge in [0.05, 0.1) is 24.4 Å². The smallest absolute Gasteiger partial charge is 0.225 e. The number of nitrogens with zero attached hydrogens (tertiary/aromatic N) is 4. The van der Waals surface area contributed by atoms with E-state index in [1.54, 1.807) is 4.68 Å². The largest absolute Gasteiger partial charge is 0.349 e. The third-order valence-corrected chi connectivity index (χ3v) is 4.80. The minimum Gasteiger partial charge on any atom is -0.349 e. The van der Waals surface area contributed by atoms with Crippen LogP contribution >= 0.6 is 0 Å². The van der Waals surface area contributed by atoms with Crippen LogP contribution in [0.2, 0.25) is 0 Å². The topological polar surface area (TPSA) is 76.8 Å². The minimum absolute atomic E-state index is 0.0497. The second kappa shape index (κ2) is 6.16. The maximum absolute atomic E-state index is 12.7. The van der Waals surface area contributed by atoms with Gasteiger partial charge in [0.25, 0.3) is 0 Å². The fourth-order valence-corrected chi connectivity index (χ4v) is 3.28. The van der Waals surface area contributed by atoms with Crippen LogP contribution in [0.25, 0.3) is 0 Å². The van der Waals surface area contributed by atoms with Gasteiger partial charge in [-0.25, -0.2) is 0 Å². The molecule has 1 fully saturated rings. The molecule has 3 heterocycles. The van der Waals surface area contributed by atoms with Gasteiger partial charge in [-0.2, -0.15) is 10.2 Å². The fourth-order valence-electron chi connectivity index (χ4n) is 3.28. The summed E-state index contributed by atoms with van der Waals surface area (Å²) < 4.78 is 3.61. The normalized spacial score (nSPS) is 22.3. The van der Waals surface area contributed by atoms with Crippen molar-refractivity contribution in [3.63, 3.8) is 0 Å². The molecule has 2 aromatic rings. The third-order valence-electron chi connectivity index (χ3n) is 4.80. The van der Waals surface area contributed by atoms with Crippen LogP contribution in [-0.4, -0.2) is 38.6 Å². The lowest BCUT2D eigenvalue weighted by Crippen LogP contribution is -2.36. The maximum atomic E-state index is 12.7. The summed E-state index contributed by atoms with van der Waals surface area (Å²) in [7, 11) is 3.81. The summed E-state index contributed by atoms with van der Waals surface area (Å²) in [5.41, 5.74) is 3.25. The van der Waals surface area contributed by atoms with Gasteiger partial charge in [0.1, 0.15) is 0 Å². The van der Waals surface area contributed by atoms with Crippen LogP contribution in [0.4, 0.5) is 0 Å². The van der Waals surface area contributed by atoms with E-state index in [1.165, 1.54) is 0 Å². The molecule has 7 nitrogen and oxygen atoms in total. The first-order valence-corrected chi connectivity index (χ1v) is 7.95. The summed E-state index contributed by atoms with van der Waals surface area (Å²) in [4.78, 5) is 12.7. The molecule has 2 N–H and O–H groups in total. The summed E-state index contributed by atoms with van der Waals surface area (Å²) in [5.74, 6) is 0.184. The quantitative estimate of drug-likeness (QED) is 0.868. The van der Waals surface area contributed by atoms with Gasteiger partial charge in [-0.3, -0.25) is 14.2 Å². The number of nitrogens with one attached hydrogen (secondary N) is 2. The Labute approximate surface area is 136 Å². The van der Waals surface area contributed by atoms with E-state index in [0.29, 0.717) is 6.54 Å². The van der Waals surface area contributed by atoms with Crippen molar-refractivity contribution in [2.24, 2.45) is 20.0 Å². The van der Waals surface area contributed by atoms with Gasteiger partial charge in [0, 0.05) is 50.6 Å². The van der Waals surface area contributed by atoms with Crippen molar-refractivity contribution in [3.8, 4) is 0 Å². The molecule has 2 aromatic heterocycles. The van der Waals surface area contributed by atoms with Crippen LogP contribution in [0.3, 0.4) is 0 Å². The first-order valence-electron chi connectivity index (χ1n) is 7.95. The molecule has 23 heavy (non-hydrogen) atoms. The van der Waals surface area contributed by atoms with Crippen LogP contribution in [0.5, 0.6) is 0 Å². The number of carbonyl (C=O) groups is 1. The molecule has 124 valence electrons. The van der Waals surface area contributed by atoms with Gasteiger partial charge >= 0.3 is 0 Å². The van der Waals surface area contributed by atoms with Gasteiger partial charge in [0.15, 0.2) is 0 Å². The van der Waals surface area contributed by atoms with Crippen LogP contribution in [0.15, 0.2) is 18.6 Å². The van der Waals surface area contributed by atoms with Crippen molar-refractivity contribution in [2.75, 3.05) is 13.1 Å². The fraction of sp³-hybridized carbons (Fsp3) is 0.562. The third kappa shape index (κ3) is 3.01. The van der Waals surface area contributed by atoms with Crippen molar-refractivity contribution in [2.45, 2.75) is 25.8 Å². The van der Waals surface area contributed by atoms with Gasteiger partial charge in [-0.15, -0.1) is 0 Å². The maximum Gasteiger partial charge on any atom is 0.225 e. The number of amides is 1. The van der Waals surface area contributed by atoms with E-state index in [4.69, 9.17) is 0 Å². The van der Waals surface area contributed by atoms with Crippen molar-refractivity contribution in [1.82, 2.24) is 30.2 Å². The molecule has 1 aliphatic rings. The van der Waals surface area contributed by atoms with E-state index in [1.807, 2.05) is 51.2 Å². The lowest BCUT2D eigenvalue weighted by molar-refractivity contribution is -0.125. The first-order chi connectivity index (χ1) is 11.0. The zero-order valence-corrected chi connectivity index (χ0v) is 14.1. The monoisotopic (exact) mass is 316 g/mol. The van der Waals surface area contributed by atoms with Crippen molar-refractivity contribution in [3.05, 3.63) is 35.4 Å². The van der Waals surface area contributed by atoms with E-state index < -0.39 is 0 Å². The van der Waals surface area contributed by atoms with Gasteiger partial charge < -0.3 is 10.6 Å². The number of hydrogen-bond acceptors (Lipinski definition) is 4. The molecule has 1 aliphatic heterocycles. The zero-order valence-electron chi connectivity index (χ0n) is 14.1. The summed E-state index contributed by atoms with van der Waals surface area (Å²) in [6, 6.07) is -0.0497. The highest BCUT2D eigenvalue weighted by atomic mass is 16.2. The van der Waals surface area contributed by atoms with Crippen LogP contribution in [0.1, 0.15) is 35.7 Å². The molecule has 3 rings (SSSR count). The minimum atomic E-state index is -0.0707. The molecular weight excluding hydrogens is 292 g/mol. The van der Waals surface area contributed by atoms with E-state index >= 15 is 0 Å². The number of aromatic nitrogens is 4. The Hall–Kier alpha value is -2.15. The molecule has 3 atom stereocenters. The average molecular weight is 316 g/mol. The van der Waals surface area contributed by atoms with Gasteiger partial charge in [0.2, 0.25) is 5.91 Å². The molecule has 0 spiro atoms. The summed E-state index contributed by atoms with van der Waals surface area (Å²) in [6.45, 7) is 5.53. The molecule has 0 radical (unpaired) electrons. The second-order valence-corrected chi connectivity index (χ2v) is 6.36. The highest BCUT2D eigenvalue weighted by molar-refractivity contribution is 5.81. The van der Waals surface area contributed by atoms with Crippen LogP contribution in [0, 0.1) is 12.8 Å². The Morgan fingerprint density at radius 3 is 2.74 bits per heavy atom. The molecular formula is C16H24N6O. The molecule has 1 amide bonds. The summed E-state index contributed by atoms with van der Waals surface area (Å²) in [5, 5.41) is 14.9. The van der Waals surface area contributed by atoms with Crippen molar-refractivity contribution >= 4 is 5.91 Å². The predicted octanol–water partition coefficient (Wildman–Crippen LogP) is 0.642. The van der Waals surface area contributed by atoms with Crippen molar-refractivity contribution in [1.29, 1.82) is 0 Å². The highest BCUT2D eigenvalue weighted by Crippen LogP contribution is 2.28. The van der Waals surface area contributed by atoms with E-state index in [2.05, 4.69) is 20.8 Å². The van der Waals surface area contributed by atoms with E-state index in [-0.39, 0.29) is 23.8 Å². The SMILES string of the molecule is Cc1c(C(C)NC(=O)[C@H]2CNC[C@@H]2c2cnn(C)c2)cnn1C. The van der Waals surface area contributed by atoms with Crippen LogP contribution < -0.4 is 10.6 Å². The Balaban J connectivity index is 1.71. The molecule has 0 saturated carbocycles. The standard InChI is InChI=1S/C16H24N6O/c1-10(13-8-19-22(4)11(13)2)20-16(23)15-7-17-6-14(15)12-5-18-21(3)9-12/h5,8-10,14-15,17H,6-7H2,1-4H3,(H,20,23)/t10?,14-,15+/m1/s1. The first kappa shape index (κ1) is 15.7. The van der Waals surface area contributed by atoms with E-state index in [9.17, 15) is 4.79 Å².